The van der Waals surface area contributed by atoms with Crippen molar-refractivity contribution in [2.24, 2.45) is 0 Å². The van der Waals surface area contributed by atoms with Crippen LogP contribution in [-0.4, -0.2) is 35.4 Å². The fraction of sp³-hybridized carbons (Fsp3) is 0.250. The first-order chi connectivity index (χ1) is 15.8. The van der Waals surface area contributed by atoms with Crippen molar-refractivity contribution in [2.75, 3.05) is 13.1 Å². The van der Waals surface area contributed by atoms with Crippen LogP contribution in [0, 0.1) is 16.9 Å². The van der Waals surface area contributed by atoms with Gasteiger partial charge in [-0.1, -0.05) is 30.8 Å². The second-order valence-corrected chi connectivity index (χ2v) is 7.58. The molecule has 172 valence electrons. The Bertz CT molecular complexity index is 1090. The van der Waals surface area contributed by atoms with E-state index in [-0.39, 0.29) is 35.7 Å². The van der Waals surface area contributed by atoms with Crippen LogP contribution in [0.4, 0.5) is 13.2 Å². The number of likely N-dealkylation sites (tertiary alicyclic amines) is 1. The molecule has 1 fully saturated rings. The molecule has 34 heavy (non-hydrogen) atoms. The van der Waals surface area contributed by atoms with Crippen molar-refractivity contribution in [1.82, 2.24) is 9.88 Å². The summed E-state index contributed by atoms with van der Waals surface area (Å²) in [5, 5.41) is 0. The van der Waals surface area contributed by atoms with E-state index in [1.807, 2.05) is 30.6 Å². The van der Waals surface area contributed by atoms with Crippen LogP contribution in [0.25, 0.3) is 11.3 Å². The van der Waals surface area contributed by atoms with E-state index in [9.17, 15) is 18.0 Å². The summed E-state index contributed by atoms with van der Waals surface area (Å²) >= 11 is 0. The second kappa shape index (κ2) is 12.2. The van der Waals surface area contributed by atoms with Gasteiger partial charge in [-0.25, -0.2) is 0 Å². The van der Waals surface area contributed by atoms with Crippen LogP contribution in [0.1, 0.15) is 22.4 Å². The molecule has 0 unspecified atom stereocenters. The Labute approximate surface area is 216 Å². The molecule has 1 saturated heterocycles. The van der Waals surface area contributed by atoms with E-state index >= 15 is 0 Å². The molecule has 1 aliphatic rings. The maximum atomic E-state index is 12.6. The average molecular weight is 480 g/mol. The molecular formula is C24H20F3N2NaO4. The topological polar surface area (TPSA) is 76.6 Å². The summed E-state index contributed by atoms with van der Waals surface area (Å²) in [6.45, 7) is 3.80. The number of hydrogen-bond acceptors (Lipinski definition) is 6. The number of nitrogens with zero attached hydrogens (tertiary/aromatic N) is 2. The number of ether oxygens (including phenoxy) is 1. The Kier molecular flexibility index (Phi) is 9.93. The summed E-state index contributed by atoms with van der Waals surface area (Å²) in [5.74, 6) is 0.748. The minimum absolute atomic E-state index is 0. The van der Waals surface area contributed by atoms with Gasteiger partial charge in [-0.15, -0.1) is 5.56 Å². The Morgan fingerprint density at radius 3 is 2.15 bits per heavy atom. The molecule has 0 radical (unpaired) electrons. The van der Waals surface area contributed by atoms with Crippen LogP contribution < -0.4 is 34.3 Å². The molecule has 1 aromatic heterocycles. The number of aryl methyl sites for hydroxylation is 1. The molecule has 0 N–H and O–H groups in total. The Morgan fingerprint density at radius 2 is 1.62 bits per heavy atom. The standard InChI is InChI=1S/C24H20F3N2O2.Na.O2/c1-16-19(15-30)6-11-23(28-16)18-4-9-21(10-5-18)31-22-13-29(14-22)12-17-2-7-20(8-3-17)24(25,26)27;;1-2/h2-11,22H,12-14H2,1H3;;/q-1;+1;. The molecule has 0 atom stereocenters. The van der Waals surface area contributed by atoms with Gasteiger partial charge in [0.25, 0.3) is 0 Å². The molecule has 10 heteroatoms. The van der Waals surface area contributed by atoms with Gasteiger partial charge in [0.2, 0.25) is 0 Å². The van der Waals surface area contributed by atoms with Crippen molar-refractivity contribution < 1.29 is 52.3 Å². The van der Waals surface area contributed by atoms with E-state index in [1.54, 1.807) is 19.1 Å². The summed E-state index contributed by atoms with van der Waals surface area (Å²) in [7, 11) is 0. The Hall–Kier alpha value is -2.59. The monoisotopic (exact) mass is 480 g/mol. The predicted molar refractivity (Wildman–Crippen MR) is 117 cm³/mol. The molecule has 0 bridgehead atoms. The van der Waals surface area contributed by atoms with E-state index < -0.39 is 11.7 Å². The number of pyridine rings is 1. The van der Waals surface area contributed by atoms with Crippen molar-refractivity contribution >= 4 is 6.29 Å². The fourth-order valence-electron chi connectivity index (χ4n) is 3.51. The number of rotatable bonds is 6. The third kappa shape index (κ3) is 6.96. The van der Waals surface area contributed by atoms with Gasteiger partial charge in [0.05, 0.1) is 11.8 Å². The first-order valence-corrected chi connectivity index (χ1v) is 10.00. The van der Waals surface area contributed by atoms with E-state index in [0.717, 1.165) is 34.7 Å². The van der Waals surface area contributed by atoms with Crippen LogP contribution in [0.3, 0.4) is 0 Å². The van der Waals surface area contributed by atoms with Crippen molar-refractivity contribution in [2.45, 2.75) is 25.7 Å². The summed E-state index contributed by atoms with van der Waals surface area (Å²) in [6, 6.07) is 16.4. The molecule has 0 amide bonds. The third-order valence-electron chi connectivity index (χ3n) is 5.26. The van der Waals surface area contributed by atoms with Crippen LogP contribution in [0.15, 0.2) is 60.7 Å². The molecule has 0 spiro atoms. The maximum absolute atomic E-state index is 12.6. The summed E-state index contributed by atoms with van der Waals surface area (Å²) in [5.41, 5.74) is 2.99. The third-order valence-corrected chi connectivity index (χ3v) is 5.26. The molecule has 0 aliphatic carbocycles. The summed E-state index contributed by atoms with van der Waals surface area (Å²) in [4.78, 5) is 31.4. The Morgan fingerprint density at radius 1 is 1.00 bits per heavy atom. The number of benzene rings is 2. The zero-order valence-electron chi connectivity index (χ0n) is 18.6. The van der Waals surface area contributed by atoms with Gasteiger partial charge in [0.1, 0.15) is 11.9 Å². The van der Waals surface area contributed by atoms with Gasteiger partial charge >= 0.3 is 35.7 Å². The first kappa shape index (κ1) is 27.7. The average Bonchev–Trinajstić information content (AvgIpc) is 2.79. The molecule has 0 saturated carbocycles. The number of carbonyl (C=O) groups excluding carboxylic acids is 1. The van der Waals surface area contributed by atoms with Gasteiger partial charge in [-0.2, -0.15) is 19.2 Å². The zero-order chi connectivity index (χ0) is 24.0. The smallest absolute Gasteiger partial charge is 0.488 e. The molecule has 3 aromatic rings. The number of hydrogen-bond donors (Lipinski definition) is 0. The van der Waals surface area contributed by atoms with Gasteiger partial charge in [-0.05, 0) is 47.5 Å². The number of aromatic nitrogens is 1. The zero-order valence-corrected chi connectivity index (χ0v) is 20.6. The number of alkyl halides is 3. The van der Waals surface area contributed by atoms with Crippen LogP contribution in [-0.2, 0) is 17.5 Å². The van der Waals surface area contributed by atoms with Gasteiger partial charge in [0.15, 0.2) is 0 Å². The van der Waals surface area contributed by atoms with Gasteiger partial charge in [0, 0.05) is 35.3 Å². The van der Waals surface area contributed by atoms with Crippen LogP contribution in [0.5, 0.6) is 5.75 Å². The molecule has 1 aliphatic heterocycles. The minimum atomic E-state index is -4.31. The van der Waals surface area contributed by atoms with Crippen molar-refractivity contribution in [1.29, 1.82) is 0 Å². The maximum Gasteiger partial charge on any atom is 1.00 e. The second-order valence-electron chi connectivity index (χ2n) is 7.58. The van der Waals surface area contributed by atoms with Crippen LogP contribution >= 0.6 is 0 Å². The molecule has 2 aromatic carbocycles. The molecule has 4 rings (SSSR count). The normalized spacial score (nSPS) is 13.6. The van der Waals surface area contributed by atoms with E-state index in [2.05, 4.69) is 9.88 Å². The van der Waals surface area contributed by atoms with Crippen LogP contribution in [0.2, 0.25) is 0 Å². The van der Waals surface area contributed by atoms with Crippen molar-refractivity contribution in [3.63, 3.8) is 0 Å². The van der Waals surface area contributed by atoms with Crippen molar-refractivity contribution in [3.05, 3.63) is 93.0 Å². The molecule has 2 heterocycles. The summed E-state index contributed by atoms with van der Waals surface area (Å²) in [6.07, 6.45) is -2.40. The molecular weight excluding hydrogens is 460 g/mol. The van der Waals surface area contributed by atoms with E-state index in [4.69, 9.17) is 14.7 Å². The SMILES string of the molecule is Cc1nc(-c2ccc(OC3CN(Cc4ccc(C(F)(F)F)cc4)C3)cc2)ccc1[C-]=O.O=O.[Na+]. The molecule has 6 nitrogen and oxygen atoms in total. The minimum Gasteiger partial charge on any atom is -0.488 e. The van der Waals surface area contributed by atoms with Gasteiger partial charge in [-0.3, -0.25) is 4.90 Å². The van der Waals surface area contributed by atoms with Gasteiger partial charge < -0.3 is 14.5 Å². The van der Waals surface area contributed by atoms with E-state index in [0.29, 0.717) is 30.9 Å². The largest absolute Gasteiger partial charge is 1.00 e. The van der Waals surface area contributed by atoms with E-state index in [1.165, 1.54) is 12.1 Å². The summed E-state index contributed by atoms with van der Waals surface area (Å²) < 4.78 is 43.9. The first-order valence-electron chi connectivity index (χ1n) is 10.00. The predicted octanol–water partition coefficient (Wildman–Crippen LogP) is 1.87. The quantitative estimate of drug-likeness (QED) is 0.396. The van der Waals surface area contributed by atoms with Crippen molar-refractivity contribution in [3.8, 4) is 17.0 Å². The Balaban J connectivity index is 0.00000133. The number of halogens is 3. The fourth-order valence-corrected chi connectivity index (χ4v) is 3.51.